The van der Waals surface area contributed by atoms with E-state index >= 15 is 0 Å². The van der Waals surface area contributed by atoms with Gasteiger partial charge in [-0.15, -0.1) is 0 Å². The van der Waals surface area contributed by atoms with Gasteiger partial charge in [-0.25, -0.2) is 0 Å². The minimum atomic E-state index is -0.460. The van der Waals surface area contributed by atoms with Gasteiger partial charge in [0.25, 0.3) is 0 Å². The maximum atomic E-state index is 8.78. The molecule has 0 spiro atoms. The summed E-state index contributed by atoms with van der Waals surface area (Å²) in [5.41, 5.74) is 6.68. The van der Waals surface area contributed by atoms with Crippen molar-refractivity contribution >= 4 is 11.6 Å². The van der Waals surface area contributed by atoms with E-state index in [0.29, 0.717) is 17.2 Å². The number of ether oxygens (including phenoxy) is 1. The van der Waals surface area contributed by atoms with Crippen molar-refractivity contribution in [3.63, 3.8) is 0 Å². The quantitative estimate of drug-likeness (QED) is 0.877. The van der Waals surface area contributed by atoms with Crippen LogP contribution in [0.3, 0.4) is 0 Å². The van der Waals surface area contributed by atoms with E-state index < -0.39 is 6.10 Å². The molecule has 2 unspecified atom stereocenters. The highest BCUT2D eigenvalue weighted by Gasteiger charge is 2.10. The van der Waals surface area contributed by atoms with Crippen molar-refractivity contribution in [3.8, 4) is 11.8 Å². The molecule has 1 aromatic rings. The van der Waals surface area contributed by atoms with E-state index in [2.05, 4.69) is 6.07 Å². The fourth-order valence-corrected chi connectivity index (χ4v) is 1.48. The molecular weight excluding hydrogens is 224 g/mol. The smallest absolute Gasteiger partial charge is 0.184 e. The molecule has 2 atom stereocenters. The normalized spacial score (nSPS) is 13.9. The molecule has 0 amide bonds. The largest absolute Gasteiger partial charge is 0.474 e. The van der Waals surface area contributed by atoms with Gasteiger partial charge in [0.2, 0.25) is 0 Å². The molecule has 0 aliphatic rings. The zero-order valence-electron chi connectivity index (χ0n) is 9.40. The zero-order valence-corrected chi connectivity index (χ0v) is 10.2. The van der Waals surface area contributed by atoms with Crippen molar-refractivity contribution in [2.75, 3.05) is 0 Å². The highest BCUT2D eigenvalue weighted by molar-refractivity contribution is 6.32. The van der Waals surface area contributed by atoms with Crippen molar-refractivity contribution in [1.82, 2.24) is 0 Å². The van der Waals surface area contributed by atoms with Gasteiger partial charge in [0.1, 0.15) is 11.8 Å². The molecule has 1 aromatic carbocycles. The average molecular weight is 239 g/mol. The number of benzene rings is 1. The van der Waals surface area contributed by atoms with Crippen molar-refractivity contribution < 1.29 is 4.74 Å². The standard InChI is InChI=1S/C12H15ClN2O/c1-3-10(7-14)16-12-5-4-9(8(2)15)6-11(12)13/h4-6,8,10H,3,15H2,1-2H3. The molecular formula is C12H15ClN2O. The third kappa shape index (κ3) is 3.13. The van der Waals surface area contributed by atoms with Crippen molar-refractivity contribution in [3.05, 3.63) is 28.8 Å². The predicted molar refractivity (Wildman–Crippen MR) is 64.4 cm³/mol. The summed E-state index contributed by atoms with van der Waals surface area (Å²) in [6.45, 7) is 3.77. The molecule has 0 heterocycles. The van der Waals surface area contributed by atoms with Gasteiger partial charge >= 0.3 is 0 Å². The number of nitrogens with two attached hydrogens (primary N) is 1. The van der Waals surface area contributed by atoms with E-state index in [0.717, 1.165) is 5.56 Å². The Morgan fingerprint density at radius 2 is 2.25 bits per heavy atom. The fourth-order valence-electron chi connectivity index (χ4n) is 1.25. The van der Waals surface area contributed by atoms with Crippen LogP contribution in [-0.2, 0) is 0 Å². The minimum absolute atomic E-state index is 0.0653. The first-order valence-corrected chi connectivity index (χ1v) is 5.57. The second-order valence-corrected chi connectivity index (χ2v) is 4.03. The van der Waals surface area contributed by atoms with Gasteiger partial charge in [-0.2, -0.15) is 5.26 Å². The Morgan fingerprint density at radius 3 is 2.69 bits per heavy atom. The van der Waals surface area contributed by atoms with Crippen LogP contribution in [0.25, 0.3) is 0 Å². The minimum Gasteiger partial charge on any atom is -0.474 e. The second kappa shape index (κ2) is 5.74. The number of hydrogen-bond acceptors (Lipinski definition) is 3. The Morgan fingerprint density at radius 1 is 1.56 bits per heavy atom. The summed E-state index contributed by atoms with van der Waals surface area (Å²) in [5, 5.41) is 9.27. The lowest BCUT2D eigenvalue weighted by atomic mass is 10.1. The Bertz CT molecular complexity index is 398. The summed E-state index contributed by atoms with van der Waals surface area (Å²) < 4.78 is 5.44. The average Bonchev–Trinajstić information content (AvgIpc) is 2.27. The van der Waals surface area contributed by atoms with Crippen LogP contribution in [0.2, 0.25) is 5.02 Å². The van der Waals surface area contributed by atoms with E-state index in [4.69, 9.17) is 27.3 Å². The molecule has 0 fully saturated rings. The van der Waals surface area contributed by atoms with Crippen LogP contribution in [-0.4, -0.2) is 6.10 Å². The maximum Gasteiger partial charge on any atom is 0.184 e. The van der Waals surface area contributed by atoms with Crippen LogP contribution in [0.5, 0.6) is 5.75 Å². The van der Waals surface area contributed by atoms with Gasteiger partial charge in [0.05, 0.1) is 5.02 Å². The number of nitrogens with zero attached hydrogens (tertiary/aromatic N) is 1. The predicted octanol–water partition coefficient (Wildman–Crippen LogP) is 3.04. The van der Waals surface area contributed by atoms with Crippen molar-refractivity contribution in [1.29, 1.82) is 5.26 Å². The van der Waals surface area contributed by atoms with Crippen LogP contribution in [0.15, 0.2) is 18.2 Å². The van der Waals surface area contributed by atoms with Gasteiger partial charge < -0.3 is 10.5 Å². The fraction of sp³-hybridized carbons (Fsp3) is 0.417. The first-order chi connectivity index (χ1) is 7.58. The van der Waals surface area contributed by atoms with E-state index in [1.54, 1.807) is 12.1 Å². The molecule has 16 heavy (non-hydrogen) atoms. The van der Waals surface area contributed by atoms with Crippen LogP contribution in [0.4, 0.5) is 0 Å². The summed E-state index contributed by atoms with van der Waals surface area (Å²) in [6.07, 6.45) is 0.167. The lowest BCUT2D eigenvalue weighted by Gasteiger charge is -2.13. The lowest BCUT2D eigenvalue weighted by molar-refractivity contribution is 0.252. The molecule has 0 radical (unpaired) electrons. The molecule has 0 saturated carbocycles. The monoisotopic (exact) mass is 238 g/mol. The Balaban J connectivity index is 2.87. The third-order valence-electron chi connectivity index (χ3n) is 2.27. The SMILES string of the molecule is CCC(C#N)Oc1ccc(C(C)N)cc1Cl. The molecule has 4 heteroatoms. The van der Waals surface area contributed by atoms with E-state index in [1.165, 1.54) is 0 Å². The second-order valence-electron chi connectivity index (χ2n) is 3.62. The highest BCUT2D eigenvalue weighted by Crippen LogP contribution is 2.28. The van der Waals surface area contributed by atoms with Crippen LogP contribution < -0.4 is 10.5 Å². The van der Waals surface area contributed by atoms with Gasteiger partial charge in [-0.3, -0.25) is 0 Å². The van der Waals surface area contributed by atoms with Gasteiger partial charge in [0, 0.05) is 6.04 Å². The Labute approximate surface area is 101 Å². The maximum absolute atomic E-state index is 8.78. The number of rotatable bonds is 4. The highest BCUT2D eigenvalue weighted by atomic mass is 35.5. The summed E-state index contributed by atoms with van der Waals surface area (Å²) in [4.78, 5) is 0. The molecule has 86 valence electrons. The molecule has 0 saturated heterocycles. The third-order valence-corrected chi connectivity index (χ3v) is 2.56. The molecule has 1 rings (SSSR count). The van der Waals surface area contributed by atoms with Gasteiger partial charge in [-0.1, -0.05) is 24.6 Å². The van der Waals surface area contributed by atoms with E-state index in [9.17, 15) is 0 Å². The van der Waals surface area contributed by atoms with Gasteiger partial charge in [-0.05, 0) is 31.0 Å². The molecule has 3 nitrogen and oxygen atoms in total. The molecule has 2 N–H and O–H groups in total. The van der Waals surface area contributed by atoms with E-state index in [-0.39, 0.29) is 6.04 Å². The Hall–Kier alpha value is -1.24. The van der Waals surface area contributed by atoms with E-state index in [1.807, 2.05) is 19.9 Å². The summed E-state index contributed by atoms with van der Waals surface area (Å²) in [7, 11) is 0. The van der Waals surface area contributed by atoms with Gasteiger partial charge in [0.15, 0.2) is 6.10 Å². The summed E-state index contributed by atoms with van der Waals surface area (Å²) in [6, 6.07) is 7.37. The van der Waals surface area contributed by atoms with Crippen LogP contribution in [0.1, 0.15) is 31.9 Å². The zero-order chi connectivity index (χ0) is 12.1. The molecule has 0 aliphatic heterocycles. The van der Waals surface area contributed by atoms with Crippen molar-refractivity contribution in [2.45, 2.75) is 32.4 Å². The topological polar surface area (TPSA) is 59.0 Å². The number of nitriles is 1. The molecule has 0 aromatic heterocycles. The van der Waals surface area contributed by atoms with Crippen molar-refractivity contribution in [2.24, 2.45) is 5.73 Å². The molecule has 0 aliphatic carbocycles. The van der Waals surface area contributed by atoms with Crippen LogP contribution in [0, 0.1) is 11.3 Å². The first kappa shape index (κ1) is 12.8. The number of halogens is 1. The Kier molecular flexibility index (Phi) is 4.60. The summed E-state index contributed by atoms with van der Waals surface area (Å²) >= 11 is 6.04. The summed E-state index contributed by atoms with van der Waals surface area (Å²) in [5.74, 6) is 0.527. The molecule has 0 bridgehead atoms. The van der Waals surface area contributed by atoms with Crippen LogP contribution >= 0.6 is 11.6 Å². The lowest BCUT2D eigenvalue weighted by Crippen LogP contribution is -2.12. The number of hydrogen-bond donors (Lipinski definition) is 1. The first-order valence-electron chi connectivity index (χ1n) is 5.19.